The minimum Gasteiger partial charge on any atom is -0.481 e. The summed E-state index contributed by atoms with van der Waals surface area (Å²) in [5.74, 6) is -2.43. The summed E-state index contributed by atoms with van der Waals surface area (Å²) in [6.45, 7) is 0. The zero-order chi connectivity index (χ0) is 13.3. The molecule has 0 aliphatic carbocycles. The predicted octanol–water partition coefficient (Wildman–Crippen LogP) is 2.17. The second-order valence-corrected chi connectivity index (χ2v) is 4.91. The Morgan fingerprint density at radius 3 is 1.76 bits per heavy atom. The van der Waals surface area contributed by atoms with Gasteiger partial charge in [0.1, 0.15) is 0 Å². The highest BCUT2D eigenvalue weighted by Crippen LogP contribution is 2.37. The number of rotatable bonds is 3. The van der Waals surface area contributed by atoms with Gasteiger partial charge < -0.3 is 10.2 Å². The summed E-state index contributed by atoms with van der Waals surface area (Å²) >= 11 is 16.3. The Hall–Kier alpha value is -0.440. The van der Waals surface area contributed by atoms with E-state index < -0.39 is 18.4 Å². The van der Waals surface area contributed by atoms with Gasteiger partial charge in [0.05, 0.1) is 12.0 Å². The topological polar surface area (TPSA) is 74.6 Å². The van der Waals surface area contributed by atoms with Crippen LogP contribution in [0.1, 0.15) is 15.9 Å². The van der Waals surface area contributed by atoms with Crippen LogP contribution in [0.3, 0.4) is 0 Å². The second kappa shape index (κ2) is 5.47. The van der Waals surface area contributed by atoms with Crippen LogP contribution >= 0.6 is 50.5 Å². The van der Waals surface area contributed by atoms with E-state index in [1.807, 2.05) is 0 Å². The maximum atomic E-state index is 11.1. The summed E-state index contributed by atoms with van der Waals surface area (Å²) in [7, 11) is 0. The molecular formula is C9H8O4S4. The van der Waals surface area contributed by atoms with E-state index in [1.165, 1.54) is 0 Å². The van der Waals surface area contributed by atoms with Crippen molar-refractivity contribution in [3.05, 3.63) is 11.1 Å². The Labute approximate surface area is 119 Å². The lowest BCUT2D eigenvalue weighted by atomic mass is 10.0. The van der Waals surface area contributed by atoms with Crippen molar-refractivity contribution < 1.29 is 19.8 Å². The van der Waals surface area contributed by atoms with Crippen LogP contribution in [0, 0.1) is 0 Å². The van der Waals surface area contributed by atoms with Crippen LogP contribution in [-0.2, 0) is 11.2 Å². The molecule has 92 valence electrons. The van der Waals surface area contributed by atoms with Gasteiger partial charge in [-0.05, 0) is 5.56 Å². The molecule has 0 saturated carbocycles. The van der Waals surface area contributed by atoms with Crippen molar-refractivity contribution in [2.75, 3.05) is 0 Å². The van der Waals surface area contributed by atoms with Gasteiger partial charge in [0.2, 0.25) is 0 Å². The van der Waals surface area contributed by atoms with Crippen molar-refractivity contribution in [3.8, 4) is 0 Å². The first-order valence-corrected chi connectivity index (χ1v) is 6.00. The van der Waals surface area contributed by atoms with E-state index in [0.29, 0.717) is 4.90 Å². The van der Waals surface area contributed by atoms with Crippen molar-refractivity contribution >= 4 is 62.5 Å². The lowest BCUT2D eigenvalue weighted by Crippen LogP contribution is -2.11. The highest BCUT2D eigenvalue weighted by Gasteiger charge is 2.23. The summed E-state index contributed by atoms with van der Waals surface area (Å²) in [5, 5.41) is 17.8. The fourth-order valence-corrected chi connectivity index (χ4v) is 2.59. The number of carbonyl (C=O) groups is 2. The molecule has 1 rings (SSSR count). The molecule has 0 heterocycles. The van der Waals surface area contributed by atoms with Gasteiger partial charge in [-0.1, -0.05) is 0 Å². The smallest absolute Gasteiger partial charge is 0.337 e. The van der Waals surface area contributed by atoms with Gasteiger partial charge in [0.15, 0.2) is 0 Å². The zero-order valence-electron chi connectivity index (χ0n) is 8.21. The van der Waals surface area contributed by atoms with Gasteiger partial charge in [-0.3, -0.25) is 4.79 Å². The largest absolute Gasteiger partial charge is 0.481 e. The van der Waals surface area contributed by atoms with Gasteiger partial charge in [-0.25, -0.2) is 4.79 Å². The van der Waals surface area contributed by atoms with Crippen LogP contribution in [0.25, 0.3) is 0 Å². The van der Waals surface area contributed by atoms with Crippen LogP contribution in [0.4, 0.5) is 0 Å². The van der Waals surface area contributed by atoms with E-state index in [-0.39, 0.29) is 25.8 Å². The molecule has 17 heavy (non-hydrogen) atoms. The van der Waals surface area contributed by atoms with E-state index in [1.54, 1.807) is 0 Å². The molecule has 0 spiro atoms. The fourth-order valence-electron chi connectivity index (χ4n) is 1.30. The Bertz CT molecular complexity index is 512. The third-order valence-corrected chi connectivity index (χ3v) is 4.40. The van der Waals surface area contributed by atoms with Crippen molar-refractivity contribution in [3.63, 3.8) is 0 Å². The Balaban J connectivity index is 3.65. The molecule has 0 fully saturated rings. The van der Waals surface area contributed by atoms with E-state index in [9.17, 15) is 9.59 Å². The molecule has 8 heteroatoms. The number of aliphatic carboxylic acids is 1. The maximum absolute atomic E-state index is 11.1. The molecule has 0 aliphatic rings. The second-order valence-electron chi connectivity index (χ2n) is 3.12. The molecule has 1 aromatic rings. The molecule has 0 aliphatic heterocycles. The molecule has 0 amide bonds. The third-order valence-electron chi connectivity index (χ3n) is 2.04. The van der Waals surface area contributed by atoms with Crippen molar-refractivity contribution in [1.29, 1.82) is 0 Å². The number of carboxylic acid groups (broad SMARTS) is 2. The molecule has 0 saturated heterocycles. The first-order chi connectivity index (χ1) is 7.77. The summed E-state index contributed by atoms with van der Waals surface area (Å²) in [6.07, 6.45) is -0.463. The van der Waals surface area contributed by atoms with Crippen LogP contribution in [0.15, 0.2) is 19.6 Å². The lowest BCUT2D eigenvalue weighted by molar-refractivity contribution is -0.136. The molecule has 0 atom stereocenters. The van der Waals surface area contributed by atoms with Crippen LogP contribution < -0.4 is 0 Å². The summed E-state index contributed by atoms with van der Waals surface area (Å²) < 4.78 is 0. The summed E-state index contributed by atoms with van der Waals surface area (Å²) in [4.78, 5) is 22.7. The number of hydrogen-bond donors (Lipinski definition) is 6. The minimum absolute atomic E-state index is 0.0705. The summed E-state index contributed by atoms with van der Waals surface area (Å²) in [5.41, 5.74) is -0.135. The molecular weight excluding hydrogens is 300 g/mol. The summed E-state index contributed by atoms with van der Waals surface area (Å²) in [6, 6.07) is 0. The molecule has 0 bridgehead atoms. The Kier molecular flexibility index (Phi) is 4.70. The molecule has 0 radical (unpaired) electrons. The SMILES string of the molecule is O=C(O)Cc1c(S)c(S)c(S)c(S)c1C(=O)O. The lowest BCUT2D eigenvalue weighted by Gasteiger charge is -2.14. The van der Waals surface area contributed by atoms with Gasteiger partial charge >= 0.3 is 11.9 Å². The predicted molar refractivity (Wildman–Crippen MR) is 73.7 cm³/mol. The van der Waals surface area contributed by atoms with Crippen LogP contribution in [0.5, 0.6) is 0 Å². The number of carboxylic acids is 2. The normalized spacial score (nSPS) is 10.4. The van der Waals surface area contributed by atoms with E-state index in [2.05, 4.69) is 50.5 Å². The van der Waals surface area contributed by atoms with Gasteiger partial charge in [-0.2, -0.15) is 0 Å². The number of benzene rings is 1. The Morgan fingerprint density at radius 2 is 1.35 bits per heavy atom. The quantitative estimate of drug-likeness (QED) is 0.484. The third kappa shape index (κ3) is 2.87. The van der Waals surface area contributed by atoms with Gasteiger partial charge in [0.25, 0.3) is 0 Å². The average molecular weight is 308 g/mol. The monoisotopic (exact) mass is 308 g/mol. The van der Waals surface area contributed by atoms with E-state index in [4.69, 9.17) is 10.2 Å². The van der Waals surface area contributed by atoms with E-state index >= 15 is 0 Å². The standard InChI is InChI=1S/C9H8O4S4/c10-3(11)1-2-4(9(12)13)6(15)8(17)7(16)5(2)14/h14-17H,1H2,(H,10,11)(H,12,13). The highest BCUT2D eigenvalue weighted by molar-refractivity contribution is 7.86. The molecule has 0 aromatic heterocycles. The highest BCUT2D eigenvalue weighted by atomic mass is 32.1. The first-order valence-electron chi connectivity index (χ1n) is 4.21. The first kappa shape index (κ1) is 14.6. The number of hydrogen-bond acceptors (Lipinski definition) is 6. The van der Waals surface area contributed by atoms with Crippen molar-refractivity contribution in [1.82, 2.24) is 0 Å². The number of aromatic carboxylic acids is 1. The average Bonchev–Trinajstić information content (AvgIpc) is 2.22. The van der Waals surface area contributed by atoms with Crippen LogP contribution in [0.2, 0.25) is 0 Å². The molecule has 0 unspecified atom stereocenters. The maximum Gasteiger partial charge on any atom is 0.337 e. The molecule has 1 aromatic carbocycles. The van der Waals surface area contributed by atoms with E-state index in [0.717, 1.165) is 0 Å². The van der Waals surface area contributed by atoms with Crippen LogP contribution in [-0.4, -0.2) is 22.2 Å². The van der Waals surface area contributed by atoms with Gasteiger partial charge in [-0.15, -0.1) is 50.5 Å². The number of thiol groups is 4. The Morgan fingerprint density at radius 1 is 0.882 bits per heavy atom. The van der Waals surface area contributed by atoms with Gasteiger partial charge in [0, 0.05) is 19.6 Å². The zero-order valence-corrected chi connectivity index (χ0v) is 11.8. The van der Waals surface area contributed by atoms with Crippen molar-refractivity contribution in [2.24, 2.45) is 0 Å². The molecule has 4 nitrogen and oxygen atoms in total. The fraction of sp³-hybridized carbons (Fsp3) is 0.111. The van der Waals surface area contributed by atoms with Crippen molar-refractivity contribution in [2.45, 2.75) is 26.0 Å². The minimum atomic E-state index is -1.27. The molecule has 2 N–H and O–H groups in total.